The number of nitrogens with zero attached hydrogens (tertiary/aromatic N) is 3. The maximum absolute atomic E-state index is 14.2. The number of piperazine rings is 1. The molecule has 0 spiro atoms. The van der Waals surface area contributed by atoms with E-state index >= 15 is 0 Å². The number of aromatic amines is 1. The second-order valence-electron chi connectivity index (χ2n) is 7.65. The average molecular weight is 360 g/mol. The molecule has 1 fully saturated rings. The van der Waals surface area contributed by atoms with Crippen LogP contribution in [0.2, 0.25) is 0 Å². The molecule has 1 aliphatic rings. The number of anilines is 1. The largest absolute Gasteiger partial charge is 0.444 e. The number of hydrogen-bond acceptors (Lipinski definition) is 4. The molecule has 1 N–H and O–H groups in total. The normalized spacial score (nSPS) is 18.1. The van der Waals surface area contributed by atoms with Crippen molar-refractivity contribution < 1.29 is 13.9 Å². The third-order valence-corrected chi connectivity index (χ3v) is 4.32. The van der Waals surface area contributed by atoms with Crippen LogP contribution < -0.4 is 4.90 Å². The zero-order valence-corrected chi connectivity index (χ0v) is 15.6. The van der Waals surface area contributed by atoms with E-state index in [-0.39, 0.29) is 18.0 Å². The van der Waals surface area contributed by atoms with Gasteiger partial charge in [-0.3, -0.25) is 5.10 Å². The maximum atomic E-state index is 14.2. The summed E-state index contributed by atoms with van der Waals surface area (Å²) < 4.78 is 19.6. The van der Waals surface area contributed by atoms with Crippen LogP contribution in [0.25, 0.3) is 11.1 Å². The van der Waals surface area contributed by atoms with Crippen LogP contribution in [-0.4, -0.2) is 52.5 Å². The molecule has 1 amide bonds. The van der Waals surface area contributed by atoms with Crippen LogP contribution in [0.5, 0.6) is 0 Å². The molecule has 1 aromatic carbocycles. The van der Waals surface area contributed by atoms with Gasteiger partial charge in [0.1, 0.15) is 11.4 Å². The SMILES string of the molecule is CC1CN(C(=O)OC(C)(C)C)CCN1c1cc(F)cc(-c2cn[nH]c2)c1. The van der Waals surface area contributed by atoms with Crippen LogP contribution in [0.4, 0.5) is 14.9 Å². The standard InChI is InChI=1S/C19H25FN4O2/c1-13-12-23(18(25)26-19(2,3)4)5-6-24(13)17-8-14(7-16(20)9-17)15-10-21-22-11-15/h7-11,13H,5-6,12H2,1-4H3,(H,21,22). The van der Waals surface area contributed by atoms with E-state index in [1.165, 1.54) is 12.1 Å². The van der Waals surface area contributed by atoms with Crippen molar-refractivity contribution in [2.75, 3.05) is 24.5 Å². The summed E-state index contributed by atoms with van der Waals surface area (Å²) in [4.78, 5) is 16.1. The van der Waals surface area contributed by atoms with E-state index in [2.05, 4.69) is 15.1 Å². The minimum atomic E-state index is -0.514. The number of amides is 1. The highest BCUT2D eigenvalue weighted by Gasteiger charge is 2.30. The molecular weight excluding hydrogens is 335 g/mol. The Hall–Kier alpha value is -2.57. The molecule has 2 aromatic rings. The summed E-state index contributed by atoms with van der Waals surface area (Å²) in [6.45, 7) is 9.29. The van der Waals surface area contributed by atoms with E-state index in [9.17, 15) is 9.18 Å². The molecule has 1 aromatic heterocycles. The monoisotopic (exact) mass is 360 g/mol. The lowest BCUT2D eigenvalue weighted by atomic mass is 10.1. The minimum absolute atomic E-state index is 0.0512. The Morgan fingerprint density at radius 2 is 2.04 bits per heavy atom. The first-order chi connectivity index (χ1) is 12.2. The lowest BCUT2D eigenvalue weighted by molar-refractivity contribution is 0.0219. The number of H-pyrrole nitrogens is 1. The fourth-order valence-corrected chi connectivity index (χ4v) is 3.15. The quantitative estimate of drug-likeness (QED) is 0.888. The van der Waals surface area contributed by atoms with Crippen molar-refractivity contribution in [1.82, 2.24) is 15.1 Å². The number of rotatable bonds is 2. The van der Waals surface area contributed by atoms with Gasteiger partial charge in [0.25, 0.3) is 0 Å². The summed E-state index contributed by atoms with van der Waals surface area (Å²) in [5.74, 6) is -0.291. The molecule has 140 valence electrons. The van der Waals surface area contributed by atoms with E-state index in [4.69, 9.17) is 4.74 Å². The molecule has 6 nitrogen and oxygen atoms in total. The summed E-state index contributed by atoms with van der Waals surface area (Å²) in [6, 6.07) is 5.03. The number of benzene rings is 1. The summed E-state index contributed by atoms with van der Waals surface area (Å²) in [7, 11) is 0. The average Bonchev–Trinajstić information content (AvgIpc) is 3.07. The van der Waals surface area contributed by atoms with Gasteiger partial charge in [-0.2, -0.15) is 5.10 Å². The molecule has 1 unspecified atom stereocenters. The fourth-order valence-electron chi connectivity index (χ4n) is 3.15. The lowest BCUT2D eigenvalue weighted by Gasteiger charge is -2.41. The molecule has 1 aliphatic heterocycles. The van der Waals surface area contributed by atoms with Gasteiger partial charge in [-0.25, -0.2) is 9.18 Å². The molecule has 0 bridgehead atoms. The number of nitrogens with one attached hydrogen (secondary N) is 1. The number of carbonyl (C=O) groups is 1. The van der Waals surface area contributed by atoms with Gasteiger partial charge in [-0.05, 0) is 51.5 Å². The third-order valence-electron chi connectivity index (χ3n) is 4.32. The number of carbonyl (C=O) groups excluding carboxylic acids is 1. The smallest absolute Gasteiger partial charge is 0.410 e. The molecule has 0 saturated carbocycles. The molecule has 0 aliphatic carbocycles. The van der Waals surface area contributed by atoms with Crippen molar-refractivity contribution in [3.8, 4) is 11.1 Å². The van der Waals surface area contributed by atoms with E-state index in [1.807, 2.05) is 33.8 Å². The van der Waals surface area contributed by atoms with Gasteiger partial charge in [0.15, 0.2) is 0 Å². The van der Waals surface area contributed by atoms with Crippen LogP contribution in [0.3, 0.4) is 0 Å². The first-order valence-electron chi connectivity index (χ1n) is 8.77. The first kappa shape index (κ1) is 18.2. The summed E-state index contributed by atoms with van der Waals surface area (Å²) in [5, 5.41) is 6.67. The highest BCUT2D eigenvalue weighted by atomic mass is 19.1. The first-order valence-corrected chi connectivity index (χ1v) is 8.77. The van der Waals surface area contributed by atoms with E-state index < -0.39 is 5.60 Å². The van der Waals surface area contributed by atoms with Crippen LogP contribution in [-0.2, 0) is 4.74 Å². The van der Waals surface area contributed by atoms with Gasteiger partial charge >= 0.3 is 6.09 Å². The van der Waals surface area contributed by atoms with Gasteiger partial charge in [-0.1, -0.05) is 0 Å². The second kappa shape index (κ2) is 6.97. The molecule has 7 heteroatoms. The van der Waals surface area contributed by atoms with E-state index in [0.29, 0.717) is 19.6 Å². The topological polar surface area (TPSA) is 61.5 Å². The molecule has 2 heterocycles. The fraction of sp³-hybridized carbons (Fsp3) is 0.474. The maximum Gasteiger partial charge on any atom is 0.410 e. The van der Waals surface area contributed by atoms with Crippen molar-refractivity contribution in [3.63, 3.8) is 0 Å². The number of aromatic nitrogens is 2. The van der Waals surface area contributed by atoms with Crippen LogP contribution in [0.1, 0.15) is 27.7 Å². The predicted octanol–water partition coefficient (Wildman–Crippen LogP) is 3.66. The summed E-state index contributed by atoms with van der Waals surface area (Å²) in [6.07, 6.45) is 3.10. The van der Waals surface area contributed by atoms with Crippen LogP contribution >= 0.6 is 0 Å². The van der Waals surface area contributed by atoms with Gasteiger partial charge in [0.2, 0.25) is 0 Å². The van der Waals surface area contributed by atoms with Gasteiger partial charge in [0, 0.05) is 43.1 Å². The molecular formula is C19H25FN4O2. The summed E-state index contributed by atoms with van der Waals surface area (Å²) in [5.41, 5.74) is 1.90. The van der Waals surface area contributed by atoms with Crippen molar-refractivity contribution >= 4 is 11.8 Å². The van der Waals surface area contributed by atoms with Gasteiger partial charge in [0.05, 0.1) is 6.20 Å². The zero-order valence-electron chi connectivity index (χ0n) is 15.6. The molecule has 1 atom stereocenters. The Bertz CT molecular complexity index is 770. The minimum Gasteiger partial charge on any atom is -0.444 e. The Balaban J connectivity index is 1.75. The Kier molecular flexibility index (Phi) is 4.89. The van der Waals surface area contributed by atoms with Crippen molar-refractivity contribution in [1.29, 1.82) is 0 Å². The van der Waals surface area contributed by atoms with Crippen molar-refractivity contribution in [2.24, 2.45) is 0 Å². The van der Waals surface area contributed by atoms with Crippen molar-refractivity contribution in [2.45, 2.75) is 39.3 Å². The van der Waals surface area contributed by atoms with Crippen LogP contribution in [0.15, 0.2) is 30.6 Å². The third kappa shape index (κ3) is 4.15. The molecule has 0 radical (unpaired) electrons. The zero-order chi connectivity index (χ0) is 18.9. The molecule has 3 rings (SSSR count). The Morgan fingerprint density at radius 1 is 1.27 bits per heavy atom. The predicted molar refractivity (Wildman–Crippen MR) is 98.6 cm³/mol. The number of halogens is 1. The highest BCUT2D eigenvalue weighted by molar-refractivity contribution is 5.70. The highest BCUT2D eigenvalue weighted by Crippen LogP contribution is 2.28. The van der Waals surface area contributed by atoms with Gasteiger partial charge in [-0.15, -0.1) is 0 Å². The number of ether oxygens (including phenoxy) is 1. The Morgan fingerprint density at radius 3 is 2.65 bits per heavy atom. The van der Waals surface area contributed by atoms with Crippen molar-refractivity contribution in [3.05, 3.63) is 36.4 Å². The van der Waals surface area contributed by atoms with Crippen LogP contribution in [0, 0.1) is 5.82 Å². The second-order valence-corrected chi connectivity index (χ2v) is 7.65. The van der Waals surface area contributed by atoms with E-state index in [0.717, 1.165) is 16.8 Å². The summed E-state index contributed by atoms with van der Waals surface area (Å²) >= 11 is 0. The van der Waals surface area contributed by atoms with E-state index in [1.54, 1.807) is 17.3 Å². The molecule has 1 saturated heterocycles. The van der Waals surface area contributed by atoms with Gasteiger partial charge < -0.3 is 14.5 Å². The lowest BCUT2D eigenvalue weighted by Crippen LogP contribution is -2.54. The molecule has 26 heavy (non-hydrogen) atoms. The number of hydrogen-bond donors (Lipinski definition) is 1. The Labute approximate surface area is 152 Å².